The van der Waals surface area contributed by atoms with Crippen molar-refractivity contribution in [3.8, 4) is 0 Å². The first-order valence-electron chi connectivity index (χ1n) is 6.69. The van der Waals surface area contributed by atoms with Crippen LogP contribution in [0.4, 0.5) is 5.69 Å². The van der Waals surface area contributed by atoms with Gasteiger partial charge in [0.2, 0.25) is 0 Å². The van der Waals surface area contributed by atoms with E-state index in [4.69, 9.17) is 0 Å². The van der Waals surface area contributed by atoms with Crippen molar-refractivity contribution in [1.29, 1.82) is 0 Å². The Bertz CT molecular complexity index is 519. The van der Waals surface area contributed by atoms with Crippen molar-refractivity contribution in [3.63, 3.8) is 0 Å². The third-order valence-electron chi connectivity index (χ3n) is 3.25. The zero-order valence-corrected chi connectivity index (χ0v) is 12.8. The lowest BCUT2D eigenvalue weighted by atomic mass is 10.2. The minimum atomic E-state index is 0.972. The molecule has 2 nitrogen and oxygen atoms in total. The first-order chi connectivity index (χ1) is 9.16. The molecule has 0 aliphatic heterocycles. The van der Waals surface area contributed by atoms with Gasteiger partial charge < -0.3 is 10.2 Å². The molecule has 0 bridgehead atoms. The minimum absolute atomic E-state index is 0.972. The summed E-state index contributed by atoms with van der Waals surface area (Å²) in [6, 6.07) is 12.9. The van der Waals surface area contributed by atoms with E-state index in [0.29, 0.717) is 0 Å². The van der Waals surface area contributed by atoms with E-state index in [1.807, 2.05) is 11.3 Å². The molecule has 0 unspecified atom stereocenters. The summed E-state index contributed by atoms with van der Waals surface area (Å²) in [5.74, 6) is 0. The van der Waals surface area contributed by atoms with Gasteiger partial charge in [-0.1, -0.05) is 18.2 Å². The predicted octanol–water partition coefficient (Wildman–Crippen LogP) is 3.59. The number of rotatable bonds is 6. The summed E-state index contributed by atoms with van der Waals surface area (Å²) >= 11 is 1.87. The predicted molar refractivity (Wildman–Crippen MR) is 85.2 cm³/mol. The highest BCUT2D eigenvalue weighted by atomic mass is 32.1. The van der Waals surface area contributed by atoms with Gasteiger partial charge in [-0.05, 0) is 37.6 Å². The van der Waals surface area contributed by atoms with Crippen LogP contribution in [0.15, 0.2) is 36.4 Å². The van der Waals surface area contributed by atoms with E-state index in [1.54, 1.807) is 0 Å². The number of benzene rings is 1. The molecule has 1 heterocycles. The summed E-state index contributed by atoms with van der Waals surface area (Å²) in [6.45, 7) is 7.31. The van der Waals surface area contributed by atoms with Gasteiger partial charge in [0.15, 0.2) is 0 Å². The van der Waals surface area contributed by atoms with Crippen LogP contribution in [0, 0.1) is 13.8 Å². The first-order valence-corrected chi connectivity index (χ1v) is 7.51. The van der Waals surface area contributed by atoms with E-state index in [2.05, 4.69) is 67.5 Å². The second-order valence-corrected chi connectivity index (χ2v) is 6.27. The molecule has 0 saturated carbocycles. The molecule has 1 aromatic carbocycles. The Morgan fingerprint density at radius 3 is 2.58 bits per heavy atom. The minimum Gasteiger partial charge on any atom is -0.373 e. The maximum absolute atomic E-state index is 3.50. The standard InChI is InChI=1S/C16H22N2S/c1-13-6-4-5-7-16(13)18(3)11-10-17-12-15-9-8-14(2)19-15/h4-9,17H,10-12H2,1-3H3. The number of nitrogens with zero attached hydrogens (tertiary/aromatic N) is 1. The lowest BCUT2D eigenvalue weighted by Gasteiger charge is -2.21. The molecule has 0 spiro atoms. The van der Waals surface area contributed by atoms with Gasteiger partial charge in [0.1, 0.15) is 0 Å². The van der Waals surface area contributed by atoms with Crippen LogP contribution in [-0.4, -0.2) is 20.1 Å². The van der Waals surface area contributed by atoms with Gasteiger partial charge in [-0.25, -0.2) is 0 Å². The van der Waals surface area contributed by atoms with E-state index in [1.165, 1.54) is 21.0 Å². The fraction of sp³-hybridized carbons (Fsp3) is 0.375. The maximum atomic E-state index is 3.50. The van der Waals surface area contributed by atoms with Crippen LogP contribution in [0.1, 0.15) is 15.3 Å². The first kappa shape index (κ1) is 14.1. The molecular weight excluding hydrogens is 252 g/mol. The Morgan fingerprint density at radius 1 is 1.11 bits per heavy atom. The second kappa shape index (κ2) is 6.73. The van der Waals surface area contributed by atoms with Crippen LogP contribution in [0.3, 0.4) is 0 Å². The van der Waals surface area contributed by atoms with Crippen molar-refractivity contribution in [2.75, 3.05) is 25.0 Å². The van der Waals surface area contributed by atoms with Gasteiger partial charge in [0.25, 0.3) is 0 Å². The molecule has 0 radical (unpaired) electrons. The molecule has 1 N–H and O–H groups in total. The molecule has 0 amide bonds. The van der Waals surface area contributed by atoms with Gasteiger partial charge in [-0.3, -0.25) is 0 Å². The summed E-state index contributed by atoms with van der Waals surface area (Å²) in [6.07, 6.45) is 0. The summed E-state index contributed by atoms with van der Waals surface area (Å²) < 4.78 is 0. The van der Waals surface area contributed by atoms with Crippen LogP contribution >= 0.6 is 11.3 Å². The number of aryl methyl sites for hydroxylation is 2. The highest BCUT2D eigenvalue weighted by Gasteiger charge is 2.03. The highest BCUT2D eigenvalue weighted by molar-refractivity contribution is 7.11. The molecule has 2 rings (SSSR count). The Hall–Kier alpha value is -1.32. The molecular formula is C16H22N2S. The Kier molecular flexibility index (Phi) is 5.00. The van der Waals surface area contributed by atoms with Crippen LogP contribution < -0.4 is 10.2 Å². The van der Waals surface area contributed by atoms with Crippen molar-refractivity contribution < 1.29 is 0 Å². The molecule has 0 aliphatic rings. The molecule has 0 fully saturated rings. The molecule has 0 saturated heterocycles. The molecule has 3 heteroatoms. The Labute approximate surface area is 120 Å². The average molecular weight is 274 g/mol. The quantitative estimate of drug-likeness (QED) is 0.810. The van der Waals surface area contributed by atoms with Crippen LogP contribution in [0.5, 0.6) is 0 Å². The van der Waals surface area contributed by atoms with Crippen molar-refractivity contribution >= 4 is 17.0 Å². The number of likely N-dealkylation sites (N-methyl/N-ethyl adjacent to an activating group) is 1. The molecule has 102 valence electrons. The van der Waals surface area contributed by atoms with Gasteiger partial charge >= 0.3 is 0 Å². The second-order valence-electron chi connectivity index (χ2n) is 4.90. The molecule has 0 aliphatic carbocycles. The number of para-hydroxylation sites is 1. The summed E-state index contributed by atoms with van der Waals surface area (Å²) in [7, 11) is 2.15. The van der Waals surface area contributed by atoms with Crippen LogP contribution in [0.25, 0.3) is 0 Å². The number of thiophene rings is 1. The third-order valence-corrected chi connectivity index (χ3v) is 4.25. The molecule has 1 aromatic heterocycles. The van der Waals surface area contributed by atoms with Crippen LogP contribution in [0.2, 0.25) is 0 Å². The van der Waals surface area contributed by atoms with Gasteiger partial charge in [0.05, 0.1) is 0 Å². The molecule has 2 aromatic rings. The number of anilines is 1. The zero-order chi connectivity index (χ0) is 13.7. The van der Waals surface area contributed by atoms with E-state index in [9.17, 15) is 0 Å². The number of nitrogens with one attached hydrogen (secondary N) is 1. The fourth-order valence-electron chi connectivity index (χ4n) is 2.15. The summed E-state index contributed by atoms with van der Waals surface area (Å²) in [4.78, 5) is 5.10. The summed E-state index contributed by atoms with van der Waals surface area (Å²) in [5.41, 5.74) is 2.65. The van der Waals surface area contributed by atoms with Crippen molar-refractivity contribution in [2.45, 2.75) is 20.4 Å². The van der Waals surface area contributed by atoms with Crippen LogP contribution in [-0.2, 0) is 6.54 Å². The average Bonchev–Trinajstić information content (AvgIpc) is 2.81. The van der Waals surface area contributed by atoms with Gasteiger partial charge in [0, 0.05) is 42.1 Å². The monoisotopic (exact) mass is 274 g/mol. The van der Waals surface area contributed by atoms with E-state index in [0.717, 1.165) is 19.6 Å². The third kappa shape index (κ3) is 4.08. The summed E-state index contributed by atoms with van der Waals surface area (Å²) in [5, 5.41) is 3.50. The SMILES string of the molecule is Cc1ccc(CNCCN(C)c2ccccc2C)s1. The molecule has 19 heavy (non-hydrogen) atoms. The zero-order valence-electron chi connectivity index (χ0n) is 11.9. The smallest absolute Gasteiger partial charge is 0.0393 e. The maximum Gasteiger partial charge on any atom is 0.0393 e. The van der Waals surface area contributed by atoms with Crippen molar-refractivity contribution in [3.05, 3.63) is 51.7 Å². The van der Waals surface area contributed by atoms with Gasteiger partial charge in [-0.15, -0.1) is 11.3 Å². The van der Waals surface area contributed by atoms with Crippen molar-refractivity contribution in [1.82, 2.24) is 5.32 Å². The Morgan fingerprint density at radius 2 is 1.89 bits per heavy atom. The van der Waals surface area contributed by atoms with Crippen molar-refractivity contribution in [2.24, 2.45) is 0 Å². The molecule has 0 atom stereocenters. The van der Waals surface area contributed by atoms with E-state index >= 15 is 0 Å². The lowest BCUT2D eigenvalue weighted by molar-refractivity contribution is 0.685. The Balaban J connectivity index is 1.75. The lowest BCUT2D eigenvalue weighted by Crippen LogP contribution is -2.29. The number of hydrogen-bond acceptors (Lipinski definition) is 3. The highest BCUT2D eigenvalue weighted by Crippen LogP contribution is 2.17. The largest absolute Gasteiger partial charge is 0.373 e. The van der Waals surface area contributed by atoms with Gasteiger partial charge in [-0.2, -0.15) is 0 Å². The fourth-order valence-corrected chi connectivity index (χ4v) is 3.01. The topological polar surface area (TPSA) is 15.3 Å². The van der Waals surface area contributed by atoms with E-state index < -0.39 is 0 Å². The normalized spacial score (nSPS) is 10.7. The van der Waals surface area contributed by atoms with E-state index in [-0.39, 0.29) is 0 Å². The number of hydrogen-bond donors (Lipinski definition) is 1.